The summed E-state index contributed by atoms with van der Waals surface area (Å²) < 4.78 is 18.9. The number of rotatable bonds is 9. The number of Topliss-reactive ketones (excluding diaryl/α,β-unsaturated/α-hetero) is 1. The number of phenolic OH excluding ortho intramolecular Hbond substituents is 1. The summed E-state index contributed by atoms with van der Waals surface area (Å²) in [5, 5.41) is 51.2. The van der Waals surface area contributed by atoms with Crippen LogP contribution in [0.1, 0.15) is 45.9 Å². The number of hydrogen-bond donors (Lipinski definition) is 5. The number of aliphatic hydroxyl groups excluding tert-OH is 4. The molecule has 7 atom stereocenters. The third-order valence-corrected chi connectivity index (χ3v) is 8.22. The normalized spacial score (nSPS) is 27.5. The van der Waals surface area contributed by atoms with Gasteiger partial charge in [0.1, 0.15) is 36.0 Å². The second-order valence-corrected chi connectivity index (χ2v) is 11.0. The first-order chi connectivity index (χ1) is 20.1. The molecule has 5 rings (SSSR count). The summed E-state index contributed by atoms with van der Waals surface area (Å²) in [6.45, 7) is 1.39. The minimum Gasteiger partial charge on any atom is -0.508 e. The van der Waals surface area contributed by atoms with Gasteiger partial charge in [-0.15, -0.1) is 0 Å². The first-order valence-electron chi connectivity index (χ1n) is 13.9. The van der Waals surface area contributed by atoms with Crippen molar-refractivity contribution in [3.05, 3.63) is 94.8 Å². The Balaban J connectivity index is 1.38. The minimum atomic E-state index is -1.50. The standard InChI is InChI=1S/C32H34FNO8/c1-17-2-9-21(10-3-17)34-28(23(32(34)41)12-13-24(36)19-5-7-20(33)8-6-19)22-11-4-18(14-25(22)37)15-26-29(38)31(40)30(39)27(16-35)42-26/h2-11,14,23,26-31,35,37-40H,12-13,15-16H2,1H3/t23-,26+,27?,28-,29-,30-,31?/m1/s1. The van der Waals surface area contributed by atoms with Crippen LogP contribution in [0.15, 0.2) is 66.7 Å². The van der Waals surface area contributed by atoms with Gasteiger partial charge in [-0.05, 0) is 61.4 Å². The molecule has 2 heterocycles. The van der Waals surface area contributed by atoms with E-state index in [1.807, 2.05) is 31.2 Å². The molecular weight excluding hydrogens is 545 g/mol. The fourth-order valence-corrected chi connectivity index (χ4v) is 5.79. The third kappa shape index (κ3) is 5.81. The molecule has 2 unspecified atom stereocenters. The molecule has 0 aliphatic carbocycles. The van der Waals surface area contributed by atoms with Crippen molar-refractivity contribution in [2.75, 3.05) is 11.5 Å². The maximum atomic E-state index is 13.4. The number of hydrogen-bond acceptors (Lipinski definition) is 8. The van der Waals surface area contributed by atoms with Crippen LogP contribution in [0, 0.1) is 18.7 Å². The van der Waals surface area contributed by atoms with Crippen molar-refractivity contribution in [1.82, 2.24) is 0 Å². The van der Waals surface area contributed by atoms with Gasteiger partial charge >= 0.3 is 0 Å². The number of carbonyl (C=O) groups excluding carboxylic acids is 2. The lowest BCUT2D eigenvalue weighted by atomic mass is 9.77. The summed E-state index contributed by atoms with van der Waals surface area (Å²) in [6, 6.07) is 17.0. The topological polar surface area (TPSA) is 148 Å². The Morgan fingerprint density at radius 2 is 1.60 bits per heavy atom. The van der Waals surface area contributed by atoms with E-state index in [9.17, 15) is 39.5 Å². The molecule has 0 saturated carbocycles. The van der Waals surface area contributed by atoms with Crippen molar-refractivity contribution in [1.29, 1.82) is 0 Å². The second kappa shape index (κ2) is 12.3. The number of phenols is 1. The Bertz CT molecular complexity index is 1430. The van der Waals surface area contributed by atoms with E-state index in [0.29, 0.717) is 22.4 Å². The molecule has 0 spiro atoms. The average Bonchev–Trinajstić information content (AvgIpc) is 2.98. The van der Waals surface area contributed by atoms with Gasteiger partial charge in [-0.1, -0.05) is 29.8 Å². The zero-order valence-electron chi connectivity index (χ0n) is 23.0. The van der Waals surface area contributed by atoms with Crippen LogP contribution in [0.2, 0.25) is 0 Å². The molecule has 2 aliphatic heterocycles. The van der Waals surface area contributed by atoms with Gasteiger partial charge in [-0.25, -0.2) is 4.39 Å². The largest absolute Gasteiger partial charge is 0.508 e. The molecule has 2 aliphatic rings. The van der Waals surface area contributed by atoms with Crippen molar-refractivity contribution in [2.24, 2.45) is 5.92 Å². The highest BCUT2D eigenvalue weighted by atomic mass is 19.1. The summed E-state index contributed by atoms with van der Waals surface area (Å²) in [6.07, 6.45) is -5.98. The smallest absolute Gasteiger partial charge is 0.233 e. The SMILES string of the molecule is Cc1ccc(N2C(=O)[C@H](CCC(=O)c3ccc(F)cc3)[C@H]2c2ccc(C[C@@H]3OC(CO)[C@@H](O)C(O)[C@@H]3O)cc2O)cc1. The van der Waals surface area contributed by atoms with Crippen LogP contribution in [-0.2, 0) is 16.0 Å². The van der Waals surface area contributed by atoms with Crippen molar-refractivity contribution in [3.63, 3.8) is 0 Å². The highest BCUT2D eigenvalue weighted by Crippen LogP contribution is 2.48. The van der Waals surface area contributed by atoms with Gasteiger partial charge in [0, 0.05) is 29.7 Å². The Morgan fingerprint density at radius 3 is 2.24 bits per heavy atom. The Hall–Kier alpha value is -3.67. The fraction of sp³-hybridized carbons (Fsp3) is 0.375. The van der Waals surface area contributed by atoms with Crippen LogP contribution in [0.5, 0.6) is 5.75 Å². The maximum Gasteiger partial charge on any atom is 0.233 e. The van der Waals surface area contributed by atoms with E-state index in [2.05, 4.69) is 0 Å². The fourth-order valence-electron chi connectivity index (χ4n) is 5.79. The second-order valence-electron chi connectivity index (χ2n) is 11.0. The summed E-state index contributed by atoms with van der Waals surface area (Å²) in [7, 11) is 0. The van der Waals surface area contributed by atoms with E-state index < -0.39 is 54.9 Å². The number of nitrogens with zero attached hydrogens (tertiary/aromatic N) is 1. The van der Waals surface area contributed by atoms with Crippen LogP contribution < -0.4 is 4.90 Å². The summed E-state index contributed by atoms with van der Waals surface area (Å²) in [5.74, 6) is -1.52. The summed E-state index contributed by atoms with van der Waals surface area (Å²) >= 11 is 0. The molecular formula is C32H34FNO8. The number of amides is 1. The molecule has 222 valence electrons. The predicted octanol–water partition coefficient (Wildman–Crippen LogP) is 2.59. The van der Waals surface area contributed by atoms with Crippen LogP contribution in [0.3, 0.4) is 0 Å². The lowest BCUT2D eigenvalue weighted by Gasteiger charge is -2.48. The monoisotopic (exact) mass is 579 g/mol. The summed E-state index contributed by atoms with van der Waals surface area (Å²) in [4.78, 5) is 27.8. The van der Waals surface area contributed by atoms with Gasteiger partial charge in [0.15, 0.2) is 5.78 Å². The van der Waals surface area contributed by atoms with Crippen molar-refractivity contribution in [2.45, 2.75) is 62.7 Å². The van der Waals surface area contributed by atoms with Gasteiger partial charge in [-0.3, -0.25) is 9.59 Å². The number of ketones is 1. The molecule has 3 aromatic rings. The van der Waals surface area contributed by atoms with E-state index in [1.54, 1.807) is 17.0 Å². The molecule has 5 N–H and O–H groups in total. The van der Waals surface area contributed by atoms with Gasteiger partial charge in [-0.2, -0.15) is 0 Å². The van der Waals surface area contributed by atoms with Gasteiger partial charge in [0.05, 0.1) is 24.7 Å². The molecule has 0 radical (unpaired) electrons. The third-order valence-electron chi connectivity index (χ3n) is 8.22. The van der Waals surface area contributed by atoms with Gasteiger partial charge in [0.2, 0.25) is 5.91 Å². The number of aryl methyl sites for hydroxylation is 1. The highest BCUT2D eigenvalue weighted by molar-refractivity contribution is 6.04. The average molecular weight is 580 g/mol. The number of halogens is 1. The van der Waals surface area contributed by atoms with Gasteiger partial charge in [0.25, 0.3) is 0 Å². The van der Waals surface area contributed by atoms with E-state index in [0.717, 1.165) is 5.56 Å². The van der Waals surface area contributed by atoms with E-state index >= 15 is 0 Å². The first kappa shape index (κ1) is 29.8. The van der Waals surface area contributed by atoms with Crippen LogP contribution >= 0.6 is 0 Å². The molecule has 3 aromatic carbocycles. The first-order valence-corrected chi connectivity index (χ1v) is 13.9. The van der Waals surface area contributed by atoms with Crippen molar-refractivity contribution < 1.29 is 44.2 Å². The predicted molar refractivity (Wildman–Crippen MR) is 150 cm³/mol. The molecule has 42 heavy (non-hydrogen) atoms. The molecule has 0 bridgehead atoms. The van der Waals surface area contributed by atoms with Crippen LogP contribution in [0.25, 0.3) is 0 Å². The van der Waals surface area contributed by atoms with Crippen LogP contribution in [-0.4, -0.2) is 74.3 Å². The van der Waals surface area contributed by atoms with E-state index in [1.165, 1.54) is 30.3 Å². The molecule has 10 heteroatoms. The van der Waals surface area contributed by atoms with Crippen LogP contribution in [0.4, 0.5) is 10.1 Å². The van der Waals surface area contributed by atoms with Crippen molar-refractivity contribution >= 4 is 17.4 Å². The lowest BCUT2D eigenvalue weighted by Crippen LogP contribution is -2.59. The Morgan fingerprint density at radius 1 is 0.929 bits per heavy atom. The number of benzene rings is 3. The Labute approximate surface area is 242 Å². The number of carbonyl (C=O) groups is 2. The lowest BCUT2D eigenvalue weighted by molar-refractivity contribution is -0.228. The number of anilines is 1. The maximum absolute atomic E-state index is 13.4. The molecule has 0 aromatic heterocycles. The molecule has 2 saturated heterocycles. The number of aliphatic hydroxyl groups is 4. The highest BCUT2D eigenvalue weighted by Gasteiger charge is 2.49. The molecule has 2 fully saturated rings. The number of β-lactam (4-membered cyclic amide) rings is 1. The number of ether oxygens (including phenoxy) is 1. The van der Waals surface area contributed by atoms with Gasteiger partial charge < -0.3 is 35.2 Å². The number of aromatic hydroxyl groups is 1. The van der Waals surface area contributed by atoms with E-state index in [-0.39, 0.29) is 36.7 Å². The van der Waals surface area contributed by atoms with Crippen molar-refractivity contribution in [3.8, 4) is 5.75 Å². The zero-order valence-corrected chi connectivity index (χ0v) is 23.0. The zero-order chi connectivity index (χ0) is 30.1. The van der Waals surface area contributed by atoms with E-state index in [4.69, 9.17) is 4.74 Å². The molecule has 9 nitrogen and oxygen atoms in total. The summed E-state index contributed by atoms with van der Waals surface area (Å²) in [5.41, 5.74) is 3.07. The molecule has 1 amide bonds. The quantitative estimate of drug-likeness (QED) is 0.192. The minimum absolute atomic E-state index is 0.0657. The Kier molecular flexibility index (Phi) is 8.72.